The van der Waals surface area contributed by atoms with Crippen molar-refractivity contribution < 1.29 is 9.53 Å². The number of fused-ring (bicyclic) bond motifs is 2. The molecule has 0 aliphatic rings. The number of amides is 1. The second kappa shape index (κ2) is 8.64. The molecule has 1 N–H and O–H groups in total. The van der Waals surface area contributed by atoms with Crippen molar-refractivity contribution in [2.45, 2.75) is 5.16 Å². The third kappa shape index (κ3) is 4.23. The van der Waals surface area contributed by atoms with Gasteiger partial charge in [-0.15, -0.1) is 5.10 Å². The van der Waals surface area contributed by atoms with Crippen molar-refractivity contribution >= 4 is 40.0 Å². The molecule has 3 heterocycles. The van der Waals surface area contributed by atoms with Crippen molar-refractivity contribution in [1.82, 2.24) is 24.6 Å². The number of methoxy groups -OCH3 is 1. The van der Waals surface area contributed by atoms with E-state index >= 15 is 0 Å². The lowest BCUT2D eigenvalue weighted by Crippen LogP contribution is -2.15. The number of nitrogens with zero attached hydrogens (tertiary/aromatic N) is 5. The number of aromatic nitrogens is 5. The number of carbonyl (C=O) groups is 1. The third-order valence-electron chi connectivity index (χ3n) is 4.84. The summed E-state index contributed by atoms with van der Waals surface area (Å²) in [6, 6.07) is 17.8. The molecule has 0 atom stereocenters. The predicted octanol–water partition coefficient (Wildman–Crippen LogP) is 4.08. The minimum absolute atomic E-state index is 0.173. The summed E-state index contributed by atoms with van der Waals surface area (Å²) in [6.45, 7) is 0. The minimum Gasteiger partial charge on any atom is -0.497 e. The lowest BCUT2D eigenvalue weighted by molar-refractivity contribution is -0.113. The molecule has 5 rings (SSSR count). The summed E-state index contributed by atoms with van der Waals surface area (Å²) in [4.78, 5) is 24.8. The fraction of sp³-hybridized carbons (Fsp3) is 0.0870. The first-order valence-electron chi connectivity index (χ1n) is 9.82. The maximum Gasteiger partial charge on any atom is 0.249 e. The molecule has 0 fully saturated rings. The highest BCUT2D eigenvalue weighted by Crippen LogP contribution is 2.27. The van der Waals surface area contributed by atoms with Crippen LogP contribution in [0.1, 0.15) is 0 Å². The van der Waals surface area contributed by atoms with E-state index in [0.29, 0.717) is 10.8 Å². The molecule has 158 valence electrons. The molecular weight excluding hydrogens is 424 g/mol. The van der Waals surface area contributed by atoms with E-state index in [9.17, 15) is 4.79 Å². The van der Waals surface area contributed by atoms with E-state index in [1.165, 1.54) is 11.8 Å². The van der Waals surface area contributed by atoms with Crippen LogP contribution in [0, 0.1) is 0 Å². The highest BCUT2D eigenvalue weighted by molar-refractivity contribution is 7.99. The summed E-state index contributed by atoms with van der Waals surface area (Å²) in [7, 11) is 1.66. The Labute approximate surface area is 187 Å². The summed E-state index contributed by atoms with van der Waals surface area (Å²) in [5, 5.41) is 9.90. The first kappa shape index (κ1) is 20.0. The first-order chi connectivity index (χ1) is 15.7. The van der Waals surface area contributed by atoms with Gasteiger partial charge in [0.2, 0.25) is 11.9 Å². The van der Waals surface area contributed by atoms with E-state index in [-0.39, 0.29) is 17.6 Å². The molecule has 3 aromatic heterocycles. The number of anilines is 1. The lowest BCUT2D eigenvalue weighted by atomic mass is 10.0. The topological polar surface area (TPSA) is 94.3 Å². The molecule has 1 amide bonds. The van der Waals surface area contributed by atoms with Gasteiger partial charge in [0.05, 0.1) is 12.9 Å². The second-order valence-corrected chi connectivity index (χ2v) is 7.89. The molecule has 0 spiro atoms. The normalized spacial score (nSPS) is 11.0. The molecule has 32 heavy (non-hydrogen) atoms. The summed E-state index contributed by atoms with van der Waals surface area (Å²) in [5.74, 6) is 1.04. The Balaban J connectivity index is 1.33. The molecule has 0 aliphatic carbocycles. The van der Waals surface area contributed by atoms with Gasteiger partial charge in [0.25, 0.3) is 0 Å². The van der Waals surface area contributed by atoms with Gasteiger partial charge in [-0.1, -0.05) is 30.0 Å². The molecular formula is C23H18N6O2S. The lowest BCUT2D eigenvalue weighted by Gasteiger charge is -2.06. The highest BCUT2D eigenvalue weighted by atomic mass is 32.2. The van der Waals surface area contributed by atoms with Crippen LogP contribution in [0.5, 0.6) is 5.75 Å². The van der Waals surface area contributed by atoms with Gasteiger partial charge in [0, 0.05) is 24.2 Å². The smallest absolute Gasteiger partial charge is 0.249 e. The monoisotopic (exact) mass is 442 g/mol. The zero-order valence-electron chi connectivity index (χ0n) is 17.1. The molecule has 0 saturated carbocycles. The van der Waals surface area contributed by atoms with Crippen LogP contribution in [-0.2, 0) is 4.79 Å². The summed E-state index contributed by atoms with van der Waals surface area (Å²) >= 11 is 1.25. The Hall–Kier alpha value is -3.98. The zero-order chi connectivity index (χ0) is 21.9. The quantitative estimate of drug-likeness (QED) is 0.313. The molecule has 0 aliphatic heterocycles. The third-order valence-corrected chi connectivity index (χ3v) is 5.71. The van der Waals surface area contributed by atoms with E-state index in [2.05, 4.69) is 43.6 Å². The van der Waals surface area contributed by atoms with Gasteiger partial charge in [-0.25, -0.2) is 14.5 Å². The van der Waals surface area contributed by atoms with Gasteiger partial charge in [0.1, 0.15) is 5.75 Å². The van der Waals surface area contributed by atoms with Crippen LogP contribution >= 0.6 is 11.8 Å². The Bertz CT molecular complexity index is 1420. The van der Waals surface area contributed by atoms with Crippen LogP contribution in [0.4, 0.5) is 5.95 Å². The van der Waals surface area contributed by atoms with Gasteiger partial charge < -0.3 is 4.74 Å². The number of benzene rings is 2. The molecule has 8 nitrogen and oxygen atoms in total. The Kier molecular flexibility index (Phi) is 5.39. The molecule has 5 aromatic rings. The van der Waals surface area contributed by atoms with Crippen LogP contribution in [-0.4, -0.2) is 43.3 Å². The first-order valence-corrected chi connectivity index (χ1v) is 10.8. The average molecular weight is 443 g/mol. The highest BCUT2D eigenvalue weighted by Gasteiger charge is 2.10. The standard InChI is InChI=1S/C23H18N6O2S/c1-31-19-7-5-15-11-16(3-4-17(15)12-19)18-6-8-20-26-22(28-29(20)13-18)27-21(30)14-32-23-24-9-2-10-25-23/h2-13H,14H2,1H3,(H,27,28,30). The molecule has 0 unspecified atom stereocenters. The number of hydrogen-bond acceptors (Lipinski definition) is 7. The zero-order valence-corrected chi connectivity index (χ0v) is 17.9. The van der Waals surface area contributed by atoms with Gasteiger partial charge >= 0.3 is 0 Å². The second-order valence-electron chi connectivity index (χ2n) is 6.95. The minimum atomic E-state index is -0.219. The van der Waals surface area contributed by atoms with Crippen LogP contribution in [0.25, 0.3) is 27.5 Å². The fourth-order valence-electron chi connectivity index (χ4n) is 3.29. The van der Waals surface area contributed by atoms with Gasteiger partial charge in [-0.3, -0.25) is 10.1 Å². The Morgan fingerprint density at radius 2 is 1.81 bits per heavy atom. The molecule has 9 heteroatoms. The van der Waals surface area contributed by atoms with Crippen molar-refractivity contribution in [2.24, 2.45) is 0 Å². The number of hydrogen-bond donors (Lipinski definition) is 1. The van der Waals surface area contributed by atoms with E-state index in [1.54, 1.807) is 30.1 Å². The summed E-state index contributed by atoms with van der Waals surface area (Å²) < 4.78 is 6.96. The van der Waals surface area contributed by atoms with Gasteiger partial charge in [-0.05, 0) is 52.7 Å². The average Bonchev–Trinajstić information content (AvgIpc) is 3.24. The van der Waals surface area contributed by atoms with E-state index < -0.39 is 0 Å². The SMILES string of the molecule is COc1ccc2cc(-c3ccc4nc(NC(=O)CSc5ncccn5)nn4c3)ccc2c1. The van der Waals surface area contributed by atoms with Crippen LogP contribution < -0.4 is 10.1 Å². The van der Waals surface area contributed by atoms with Crippen LogP contribution in [0.2, 0.25) is 0 Å². The Morgan fingerprint density at radius 1 is 1.03 bits per heavy atom. The maximum atomic E-state index is 12.2. The maximum absolute atomic E-state index is 12.2. The van der Waals surface area contributed by atoms with E-state index in [1.807, 2.05) is 36.5 Å². The molecule has 0 radical (unpaired) electrons. The summed E-state index contributed by atoms with van der Waals surface area (Å²) in [5.41, 5.74) is 2.70. The van der Waals surface area contributed by atoms with Crippen molar-refractivity contribution in [1.29, 1.82) is 0 Å². The number of thioether (sulfide) groups is 1. The van der Waals surface area contributed by atoms with Gasteiger partial charge in [-0.2, -0.15) is 4.98 Å². The number of pyridine rings is 1. The van der Waals surface area contributed by atoms with Gasteiger partial charge in [0.15, 0.2) is 10.8 Å². The summed E-state index contributed by atoms with van der Waals surface area (Å²) in [6.07, 6.45) is 5.18. The van der Waals surface area contributed by atoms with E-state index in [0.717, 1.165) is 27.6 Å². The molecule has 0 saturated heterocycles. The van der Waals surface area contributed by atoms with Crippen molar-refractivity contribution in [2.75, 3.05) is 18.2 Å². The number of nitrogens with one attached hydrogen (secondary N) is 1. The predicted molar refractivity (Wildman–Crippen MR) is 124 cm³/mol. The van der Waals surface area contributed by atoms with Crippen molar-refractivity contribution in [3.8, 4) is 16.9 Å². The molecule has 2 aromatic carbocycles. The molecule has 0 bridgehead atoms. The van der Waals surface area contributed by atoms with E-state index in [4.69, 9.17) is 4.74 Å². The van der Waals surface area contributed by atoms with Crippen LogP contribution in [0.3, 0.4) is 0 Å². The number of carbonyl (C=O) groups excluding carboxylic acids is 1. The van der Waals surface area contributed by atoms with Crippen molar-refractivity contribution in [3.63, 3.8) is 0 Å². The number of ether oxygens (including phenoxy) is 1. The number of rotatable bonds is 6. The Morgan fingerprint density at radius 3 is 2.66 bits per heavy atom. The van der Waals surface area contributed by atoms with Crippen molar-refractivity contribution in [3.05, 3.63) is 73.2 Å². The fourth-order valence-corrected chi connectivity index (χ4v) is 3.89. The van der Waals surface area contributed by atoms with Crippen LogP contribution in [0.15, 0.2) is 78.3 Å². The largest absolute Gasteiger partial charge is 0.497 e.